The summed E-state index contributed by atoms with van der Waals surface area (Å²) in [5, 5.41) is 12.5. The number of nitrogens with one attached hydrogen (secondary N) is 1. The van der Waals surface area contributed by atoms with Crippen LogP contribution in [0.1, 0.15) is 23.2 Å². The second-order valence-corrected chi connectivity index (χ2v) is 5.08. The third-order valence-electron chi connectivity index (χ3n) is 2.91. The van der Waals surface area contributed by atoms with Gasteiger partial charge in [0.1, 0.15) is 0 Å². The van der Waals surface area contributed by atoms with Crippen molar-refractivity contribution in [3.8, 4) is 5.75 Å². The van der Waals surface area contributed by atoms with Gasteiger partial charge in [0, 0.05) is 11.6 Å². The van der Waals surface area contributed by atoms with Crippen LogP contribution in [0.3, 0.4) is 0 Å². The molecule has 1 fully saturated rings. The van der Waals surface area contributed by atoms with Crippen molar-refractivity contribution < 1.29 is 14.6 Å². The highest BCUT2D eigenvalue weighted by molar-refractivity contribution is 6.37. The van der Waals surface area contributed by atoms with Crippen LogP contribution in [0.25, 0.3) is 0 Å². The molecule has 0 heterocycles. The van der Waals surface area contributed by atoms with Crippen molar-refractivity contribution in [2.75, 3.05) is 7.11 Å². The van der Waals surface area contributed by atoms with Crippen molar-refractivity contribution in [1.82, 2.24) is 5.32 Å². The summed E-state index contributed by atoms with van der Waals surface area (Å²) in [7, 11) is 1.46. The Balaban J connectivity index is 2.11. The minimum absolute atomic E-state index is 0.0205. The Labute approximate surface area is 115 Å². The lowest BCUT2D eigenvalue weighted by molar-refractivity contribution is 0.0562. The Kier molecular flexibility index (Phi) is 4.00. The lowest BCUT2D eigenvalue weighted by Crippen LogP contribution is -2.46. The van der Waals surface area contributed by atoms with Crippen LogP contribution in [0, 0.1) is 0 Å². The van der Waals surface area contributed by atoms with Crippen LogP contribution >= 0.6 is 23.2 Å². The lowest BCUT2D eigenvalue weighted by Gasteiger charge is -2.31. The van der Waals surface area contributed by atoms with E-state index in [0.29, 0.717) is 34.2 Å². The van der Waals surface area contributed by atoms with Crippen molar-refractivity contribution in [2.24, 2.45) is 0 Å². The van der Waals surface area contributed by atoms with Gasteiger partial charge >= 0.3 is 0 Å². The molecule has 1 aliphatic carbocycles. The van der Waals surface area contributed by atoms with Crippen LogP contribution in [0.5, 0.6) is 5.75 Å². The Hall–Kier alpha value is -0.970. The average Bonchev–Trinajstić information content (AvgIpc) is 2.26. The molecule has 1 aliphatic rings. The van der Waals surface area contributed by atoms with E-state index in [9.17, 15) is 4.79 Å². The summed E-state index contributed by atoms with van der Waals surface area (Å²) < 4.78 is 5.01. The number of amides is 1. The molecule has 0 atom stereocenters. The molecule has 2 rings (SSSR count). The van der Waals surface area contributed by atoms with Gasteiger partial charge in [-0.1, -0.05) is 23.2 Å². The molecular formula is C12H13Cl2NO3. The maximum atomic E-state index is 11.9. The van der Waals surface area contributed by atoms with Gasteiger partial charge in [-0.05, 0) is 25.0 Å². The third kappa shape index (κ3) is 2.71. The second-order valence-electron chi connectivity index (χ2n) is 4.27. The minimum Gasteiger partial charge on any atom is -0.494 e. The van der Waals surface area contributed by atoms with Crippen molar-refractivity contribution in [2.45, 2.75) is 25.0 Å². The van der Waals surface area contributed by atoms with Crippen LogP contribution in [-0.2, 0) is 0 Å². The molecule has 0 bridgehead atoms. The van der Waals surface area contributed by atoms with Crippen LogP contribution in [-0.4, -0.2) is 30.3 Å². The largest absolute Gasteiger partial charge is 0.494 e. The van der Waals surface area contributed by atoms with Gasteiger partial charge in [-0.15, -0.1) is 0 Å². The average molecular weight is 290 g/mol. The Bertz CT molecular complexity index is 449. The summed E-state index contributed by atoms with van der Waals surface area (Å²) in [4.78, 5) is 11.9. The zero-order valence-electron chi connectivity index (χ0n) is 9.74. The van der Waals surface area contributed by atoms with Crippen molar-refractivity contribution in [3.05, 3.63) is 27.7 Å². The standard InChI is InChI=1S/C12H13Cl2NO3/c1-18-11-9(13)2-6(3-10(11)14)12(17)15-7-4-8(16)5-7/h2-3,7-8,16H,4-5H2,1H3,(H,15,17). The number of halogens is 2. The topological polar surface area (TPSA) is 58.6 Å². The van der Waals surface area contributed by atoms with Crippen molar-refractivity contribution in [1.29, 1.82) is 0 Å². The molecule has 2 N–H and O–H groups in total. The van der Waals surface area contributed by atoms with Crippen LogP contribution in [0.15, 0.2) is 12.1 Å². The maximum Gasteiger partial charge on any atom is 0.251 e. The molecule has 0 spiro atoms. The van der Waals surface area contributed by atoms with Gasteiger partial charge < -0.3 is 15.2 Å². The van der Waals surface area contributed by atoms with E-state index in [1.54, 1.807) is 0 Å². The molecule has 1 amide bonds. The van der Waals surface area contributed by atoms with Crippen LogP contribution in [0.2, 0.25) is 10.0 Å². The number of methoxy groups -OCH3 is 1. The summed E-state index contributed by atoms with van der Waals surface area (Å²) in [5.41, 5.74) is 0.382. The fourth-order valence-corrected chi connectivity index (χ4v) is 2.50. The normalized spacial score (nSPS) is 22.2. The molecule has 18 heavy (non-hydrogen) atoms. The molecule has 1 saturated carbocycles. The van der Waals surface area contributed by atoms with E-state index in [1.807, 2.05) is 0 Å². The zero-order valence-corrected chi connectivity index (χ0v) is 11.3. The zero-order chi connectivity index (χ0) is 13.3. The van der Waals surface area contributed by atoms with Gasteiger partial charge in [0.05, 0.1) is 23.3 Å². The summed E-state index contributed by atoms with van der Waals surface area (Å²) in [6, 6.07) is 3.04. The summed E-state index contributed by atoms with van der Waals surface area (Å²) in [6.07, 6.45) is 0.866. The number of carbonyl (C=O) groups is 1. The first-order valence-electron chi connectivity index (χ1n) is 5.53. The molecule has 0 saturated heterocycles. The van der Waals surface area contributed by atoms with Crippen LogP contribution in [0.4, 0.5) is 0 Å². The third-order valence-corrected chi connectivity index (χ3v) is 3.47. The SMILES string of the molecule is COc1c(Cl)cc(C(=O)NC2CC(O)C2)cc1Cl. The molecule has 4 nitrogen and oxygen atoms in total. The number of hydrogen-bond acceptors (Lipinski definition) is 3. The monoisotopic (exact) mass is 289 g/mol. The molecule has 98 valence electrons. The van der Waals surface area contributed by atoms with E-state index in [0.717, 1.165) is 0 Å². The minimum atomic E-state index is -0.307. The first kappa shape index (κ1) is 13.5. The van der Waals surface area contributed by atoms with E-state index in [4.69, 9.17) is 33.0 Å². The van der Waals surface area contributed by atoms with E-state index in [1.165, 1.54) is 19.2 Å². The Morgan fingerprint density at radius 1 is 1.39 bits per heavy atom. The number of carbonyl (C=O) groups excluding carboxylic acids is 1. The van der Waals surface area contributed by atoms with E-state index >= 15 is 0 Å². The molecule has 0 unspecified atom stereocenters. The molecule has 1 aromatic carbocycles. The molecule has 0 radical (unpaired) electrons. The lowest BCUT2D eigenvalue weighted by atomic mass is 9.89. The fraction of sp³-hybridized carbons (Fsp3) is 0.417. The summed E-state index contributed by atoms with van der Waals surface area (Å²) in [5.74, 6) is 0.104. The van der Waals surface area contributed by atoms with Crippen molar-refractivity contribution in [3.63, 3.8) is 0 Å². The second kappa shape index (κ2) is 5.34. The number of aliphatic hydroxyl groups excluding tert-OH is 1. The number of hydrogen-bond donors (Lipinski definition) is 2. The number of ether oxygens (including phenoxy) is 1. The Morgan fingerprint density at radius 2 is 1.94 bits per heavy atom. The first-order chi connectivity index (χ1) is 8.51. The van der Waals surface area contributed by atoms with Gasteiger partial charge in [0.15, 0.2) is 5.75 Å². The molecule has 0 aliphatic heterocycles. The molecular weight excluding hydrogens is 277 g/mol. The Morgan fingerprint density at radius 3 is 2.39 bits per heavy atom. The van der Waals surface area contributed by atoms with E-state index in [-0.39, 0.29) is 18.1 Å². The van der Waals surface area contributed by atoms with Gasteiger partial charge in [-0.25, -0.2) is 0 Å². The van der Waals surface area contributed by atoms with Gasteiger partial charge in [0.2, 0.25) is 0 Å². The van der Waals surface area contributed by atoms with Crippen LogP contribution < -0.4 is 10.1 Å². The number of aliphatic hydroxyl groups is 1. The highest BCUT2D eigenvalue weighted by Gasteiger charge is 2.28. The first-order valence-corrected chi connectivity index (χ1v) is 6.28. The van der Waals surface area contributed by atoms with E-state index in [2.05, 4.69) is 5.32 Å². The maximum absolute atomic E-state index is 11.9. The molecule has 6 heteroatoms. The van der Waals surface area contributed by atoms with Gasteiger partial charge in [0.25, 0.3) is 5.91 Å². The smallest absolute Gasteiger partial charge is 0.251 e. The summed E-state index contributed by atoms with van der Waals surface area (Å²) >= 11 is 11.9. The number of benzene rings is 1. The van der Waals surface area contributed by atoms with Crippen molar-refractivity contribution >= 4 is 29.1 Å². The van der Waals surface area contributed by atoms with Gasteiger partial charge in [-0.3, -0.25) is 4.79 Å². The number of rotatable bonds is 3. The van der Waals surface area contributed by atoms with E-state index < -0.39 is 0 Å². The van der Waals surface area contributed by atoms with Gasteiger partial charge in [-0.2, -0.15) is 0 Å². The molecule has 0 aromatic heterocycles. The predicted octanol–water partition coefficient (Wildman–Crippen LogP) is 2.26. The summed E-state index contributed by atoms with van der Waals surface area (Å²) in [6.45, 7) is 0. The quantitative estimate of drug-likeness (QED) is 0.897. The fourth-order valence-electron chi connectivity index (χ4n) is 1.86. The molecule has 1 aromatic rings. The highest BCUT2D eigenvalue weighted by atomic mass is 35.5. The predicted molar refractivity (Wildman–Crippen MR) is 69.5 cm³/mol. The highest BCUT2D eigenvalue weighted by Crippen LogP contribution is 2.34.